The van der Waals surface area contributed by atoms with E-state index < -0.39 is 11.0 Å². The number of benzene rings is 1. The van der Waals surface area contributed by atoms with Crippen molar-refractivity contribution >= 4 is 23.2 Å². The Morgan fingerprint density at radius 2 is 2.05 bits per heavy atom. The van der Waals surface area contributed by atoms with Gasteiger partial charge in [-0.2, -0.15) is 4.99 Å². The first-order valence-electron chi connectivity index (χ1n) is 6.40. The number of hydrogen-bond acceptors (Lipinski definition) is 3. The van der Waals surface area contributed by atoms with E-state index in [4.69, 9.17) is 0 Å². The highest BCUT2D eigenvalue weighted by atomic mass is 16.6. The third-order valence-electron chi connectivity index (χ3n) is 3.14. The van der Waals surface area contributed by atoms with Gasteiger partial charge in [0.15, 0.2) is 0 Å². The highest BCUT2D eigenvalue weighted by molar-refractivity contribution is 6.00. The molecule has 1 fully saturated rings. The Morgan fingerprint density at radius 1 is 1.35 bits per heavy atom. The Bertz CT molecular complexity index is 539. The summed E-state index contributed by atoms with van der Waals surface area (Å²) in [5.41, 5.74) is 0.477. The summed E-state index contributed by atoms with van der Waals surface area (Å²) in [7, 11) is 1.91. The second-order valence-electron chi connectivity index (χ2n) is 4.64. The molecule has 7 nitrogen and oxygen atoms in total. The van der Waals surface area contributed by atoms with Gasteiger partial charge in [0, 0.05) is 37.8 Å². The molecule has 1 aromatic rings. The van der Waals surface area contributed by atoms with E-state index >= 15 is 0 Å². The molecule has 1 aromatic carbocycles. The summed E-state index contributed by atoms with van der Waals surface area (Å²) < 4.78 is 0. The number of non-ortho nitro benzene ring substituents is 1. The molecule has 7 heteroatoms. The molecule has 0 unspecified atom stereocenters. The van der Waals surface area contributed by atoms with Crippen molar-refractivity contribution in [1.29, 1.82) is 0 Å². The van der Waals surface area contributed by atoms with Crippen molar-refractivity contribution in [3.8, 4) is 0 Å². The number of anilines is 1. The molecule has 0 radical (unpaired) electrons. The summed E-state index contributed by atoms with van der Waals surface area (Å²) >= 11 is 0. The monoisotopic (exact) mass is 276 g/mol. The number of carbonyl (C=O) groups excluding carboxylic acids is 1. The zero-order chi connectivity index (χ0) is 14.5. The van der Waals surface area contributed by atoms with Crippen LogP contribution in [0.1, 0.15) is 19.3 Å². The van der Waals surface area contributed by atoms with Crippen LogP contribution in [0.25, 0.3) is 0 Å². The van der Waals surface area contributed by atoms with Crippen molar-refractivity contribution in [1.82, 2.24) is 4.90 Å². The van der Waals surface area contributed by atoms with E-state index in [9.17, 15) is 14.9 Å². The molecule has 1 aliphatic heterocycles. The number of nitrogens with zero attached hydrogens (tertiary/aromatic N) is 3. The maximum Gasteiger partial charge on any atom is 0.347 e. The number of amides is 2. The Morgan fingerprint density at radius 3 is 2.65 bits per heavy atom. The van der Waals surface area contributed by atoms with Crippen LogP contribution < -0.4 is 5.32 Å². The van der Waals surface area contributed by atoms with Gasteiger partial charge in [0.2, 0.25) is 0 Å². The zero-order valence-electron chi connectivity index (χ0n) is 11.2. The van der Waals surface area contributed by atoms with Gasteiger partial charge in [-0.25, -0.2) is 4.79 Å². The third-order valence-corrected chi connectivity index (χ3v) is 3.14. The fourth-order valence-corrected chi connectivity index (χ4v) is 2.03. The van der Waals surface area contributed by atoms with Crippen molar-refractivity contribution in [2.75, 3.05) is 18.9 Å². The predicted octanol–water partition coefficient (Wildman–Crippen LogP) is 2.64. The van der Waals surface area contributed by atoms with E-state index in [1.165, 1.54) is 24.3 Å². The average molecular weight is 276 g/mol. The van der Waals surface area contributed by atoms with Gasteiger partial charge in [0.05, 0.1) is 4.92 Å². The Hall–Kier alpha value is -2.44. The van der Waals surface area contributed by atoms with Gasteiger partial charge in [-0.15, -0.1) is 0 Å². The molecule has 1 N–H and O–H groups in total. The first-order chi connectivity index (χ1) is 9.56. The van der Waals surface area contributed by atoms with Gasteiger partial charge in [-0.1, -0.05) is 0 Å². The lowest BCUT2D eigenvalue weighted by Gasteiger charge is -2.25. The van der Waals surface area contributed by atoms with Crippen LogP contribution in [-0.4, -0.2) is 35.3 Å². The molecule has 0 atom stereocenters. The SMILES string of the molecule is CN1CCCC/C1=N/C(=O)Nc1ccc([N+](=O)[O-])cc1. The number of amidine groups is 1. The number of nitro benzene ring substituents is 1. The molecular weight excluding hydrogens is 260 g/mol. The topological polar surface area (TPSA) is 87.8 Å². The highest BCUT2D eigenvalue weighted by Gasteiger charge is 2.14. The lowest BCUT2D eigenvalue weighted by Crippen LogP contribution is -2.32. The second-order valence-corrected chi connectivity index (χ2v) is 4.64. The quantitative estimate of drug-likeness (QED) is 0.664. The fraction of sp³-hybridized carbons (Fsp3) is 0.385. The first-order valence-corrected chi connectivity index (χ1v) is 6.40. The van der Waals surface area contributed by atoms with E-state index in [-0.39, 0.29) is 5.69 Å². The molecule has 0 aromatic heterocycles. The van der Waals surface area contributed by atoms with Crippen LogP contribution in [-0.2, 0) is 0 Å². The minimum absolute atomic E-state index is 0.0127. The normalized spacial score (nSPS) is 17.1. The molecule has 106 valence electrons. The third kappa shape index (κ3) is 3.53. The van der Waals surface area contributed by atoms with Crippen LogP contribution in [0, 0.1) is 10.1 Å². The fourth-order valence-electron chi connectivity index (χ4n) is 2.03. The molecule has 1 heterocycles. The number of nitrogens with one attached hydrogen (secondary N) is 1. The summed E-state index contributed by atoms with van der Waals surface area (Å²) in [6.07, 6.45) is 2.94. The van der Waals surface area contributed by atoms with Gasteiger partial charge in [-0.3, -0.25) is 10.1 Å². The summed E-state index contributed by atoms with van der Waals surface area (Å²) in [6.45, 7) is 0.906. The molecule has 0 bridgehead atoms. The van der Waals surface area contributed by atoms with Crippen LogP contribution in [0.15, 0.2) is 29.3 Å². The van der Waals surface area contributed by atoms with Gasteiger partial charge in [-0.05, 0) is 25.0 Å². The number of aliphatic imine (C=N–C) groups is 1. The van der Waals surface area contributed by atoms with Crippen molar-refractivity contribution in [3.63, 3.8) is 0 Å². The molecule has 2 rings (SSSR count). The number of carbonyl (C=O) groups is 1. The molecule has 2 amide bonds. The van der Waals surface area contributed by atoms with Crippen molar-refractivity contribution in [2.24, 2.45) is 4.99 Å². The van der Waals surface area contributed by atoms with Gasteiger partial charge in [0.1, 0.15) is 5.84 Å². The Labute approximate surface area is 116 Å². The van der Waals surface area contributed by atoms with Crippen LogP contribution in [0.5, 0.6) is 0 Å². The maximum atomic E-state index is 11.8. The Kier molecular flexibility index (Phi) is 4.29. The van der Waals surface area contributed by atoms with Crippen LogP contribution in [0.2, 0.25) is 0 Å². The predicted molar refractivity (Wildman–Crippen MR) is 76.0 cm³/mol. The summed E-state index contributed by atoms with van der Waals surface area (Å²) in [5.74, 6) is 0.774. The molecule has 0 saturated carbocycles. The van der Waals surface area contributed by atoms with E-state index in [2.05, 4.69) is 10.3 Å². The number of nitro groups is 1. The first kappa shape index (κ1) is 14.0. The second kappa shape index (κ2) is 6.14. The van der Waals surface area contributed by atoms with E-state index in [1.807, 2.05) is 11.9 Å². The maximum absolute atomic E-state index is 11.8. The minimum Gasteiger partial charge on any atom is -0.363 e. The summed E-state index contributed by atoms with van der Waals surface area (Å²) in [6, 6.07) is 5.20. The standard InChI is InChI=1S/C13H16N4O3/c1-16-9-3-2-4-12(16)15-13(18)14-10-5-7-11(8-6-10)17(19)20/h5-8H,2-4,9H2,1H3,(H,14,18)/b15-12-. The Balaban J connectivity index is 2.00. The minimum atomic E-state index is -0.483. The van der Waals surface area contributed by atoms with Crippen molar-refractivity contribution < 1.29 is 9.72 Å². The number of rotatable bonds is 2. The van der Waals surface area contributed by atoms with Crippen molar-refractivity contribution in [2.45, 2.75) is 19.3 Å². The van der Waals surface area contributed by atoms with Crippen LogP contribution in [0.3, 0.4) is 0 Å². The molecule has 1 saturated heterocycles. The van der Waals surface area contributed by atoms with Gasteiger partial charge < -0.3 is 10.2 Å². The number of piperidine rings is 1. The van der Waals surface area contributed by atoms with Crippen molar-refractivity contribution in [3.05, 3.63) is 34.4 Å². The van der Waals surface area contributed by atoms with E-state index in [0.717, 1.165) is 31.6 Å². The number of urea groups is 1. The largest absolute Gasteiger partial charge is 0.363 e. The molecule has 0 aliphatic carbocycles. The van der Waals surface area contributed by atoms with E-state index in [0.29, 0.717) is 5.69 Å². The van der Waals surface area contributed by atoms with Crippen LogP contribution in [0.4, 0.5) is 16.2 Å². The molecule has 20 heavy (non-hydrogen) atoms. The smallest absolute Gasteiger partial charge is 0.347 e. The number of likely N-dealkylation sites (tertiary alicyclic amines) is 1. The van der Waals surface area contributed by atoms with Crippen LogP contribution >= 0.6 is 0 Å². The zero-order valence-corrected chi connectivity index (χ0v) is 11.2. The van der Waals surface area contributed by atoms with Gasteiger partial charge in [0.25, 0.3) is 5.69 Å². The summed E-state index contributed by atoms with van der Waals surface area (Å²) in [5, 5.41) is 13.1. The van der Waals surface area contributed by atoms with Gasteiger partial charge >= 0.3 is 6.03 Å². The molecule has 1 aliphatic rings. The summed E-state index contributed by atoms with van der Waals surface area (Å²) in [4.78, 5) is 27.8. The molecular formula is C13H16N4O3. The average Bonchev–Trinajstić information content (AvgIpc) is 2.42. The lowest BCUT2D eigenvalue weighted by molar-refractivity contribution is -0.384. The van der Waals surface area contributed by atoms with E-state index in [1.54, 1.807) is 0 Å². The highest BCUT2D eigenvalue weighted by Crippen LogP contribution is 2.16. The lowest BCUT2D eigenvalue weighted by atomic mass is 10.1. The molecule has 0 spiro atoms. The number of hydrogen-bond donors (Lipinski definition) is 1.